The summed E-state index contributed by atoms with van der Waals surface area (Å²) in [6, 6.07) is 0. The van der Waals surface area contributed by atoms with Crippen LogP contribution < -0.4 is 10.9 Å². The Hall–Kier alpha value is -2.45. The SMILES string of the molecule is Cc1nc(NC(=O)OC(C)(C)C)[nH]c(=O)c1[N+](=O)[O-]. The van der Waals surface area contributed by atoms with Gasteiger partial charge in [-0.1, -0.05) is 0 Å². The van der Waals surface area contributed by atoms with Gasteiger partial charge in [0.1, 0.15) is 11.3 Å². The lowest BCUT2D eigenvalue weighted by Gasteiger charge is -2.19. The van der Waals surface area contributed by atoms with Crippen molar-refractivity contribution in [2.45, 2.75) is 33.3 Å². The Morgan fingerprint density at radius 3 is 2.47 bits per heavy atom. The molecule has 9 heteroatoms. The minimum absolute atomic E-state index is 0.0974. The first-order valence-electron chi connectivity index (χ1n) is 5.35. The van der Waals surface area contributed by atoms with Gasteiger partial charge in [0.2, 0.25) is 5.95 Å². The van der Waals surface area contributed by atoms with E-state index in [0.29, 0.717) is 0 Å². The number of hydrogen-bond donors (Lipinski definition) is 2. The summed E-state index contributed by atoms with van der Waals surface area (Å²) in [7, 11) is 0. The van der Waals surface area contributed by atoms with Crippen LogP contribution in [0.5, 0.6) is 0 Å². The van der Waals surface area contributed by atoms with E-state index in [1.807, 2.05) is 0 Å². The van der Waals surface area contributed by atoms with E-state index < -0.39 is 27.9 Å². The van der Waals surface area contributed by atoms with Gasteiger partial charge in [0.05, 0.1) is 4.92 Å². The predicted octanol–water partition coefficient (Wildman–Crippen LogP) is 1.33. The summed E-state index contributed by atoms with van der Waals surface area (Å²) in [6.07, 6.45) is -0.816. The van der Waals surface area contributed by atoms with Gasteiger partial charge >= 0.3 is 17.3 Å². The topological polar surface area (TPSA) is 127 Å². The third kappa shape index (κ3) is 4.05. The summed E-state index contributed by atoms with van der Waals surface area (Å²) in [5.41, 5.74) is -2.40. The van der Waals surface area contributed by atoms with E-state index in [-0.39, 0.29) is 11.6 Å². The second-order valence-electron chi connectivity index (χ2n) is 4.73. The molecule has 1 rings (SSSR count). The number of aromatic amines is 1. The number of ether oxygens (including phenoxy) is 1. The summed E-state index contributed by atoms with van der Waals surface area (Å²) >= 11 is 0. The highest BCUT2D eigenvalue weighted by Gasteiger charge is 2.21. The molecule has 1 amide bonds. The highest BCUT2D eigenvalue weighted by atomic mass is 16.6. The minimum Gasteiger partial charge on any atom is -0.444 e. The first-order chi connectivity index (χ1) is 8.60. The molecular formula is C10H14N4O5. The lowest BCUT2D eigenvalue weighted by molar-refractivity contribution is -0.387. The molecule has 0 aliphatic heterocycles. The molecule has 0 fully saturated rings. The van der Waals surface area contributed by atoms with Gasteiger partial charge in [-0.05, 0) is 27.7 Å². The summed E-state index contributed by atoms with van der Waals surface area (Å²) < 4.78 is 4.95. The van der Waals surface area contributed by atoms with Gasteiger partial charge in [-0.3, -0.25) is 25.2 Å². The highest BCUT2D eigenvalue weighted by Crippen LogP contribution is 2.12. The van der Waals surface area contributed by atoms with Gasteiger partial charge in [-0.2, -0.15) is 0 Å². The molecule has 0 aromatic carbocycles. The van der Waals surface area contributed by atoms with Crippen LogP contribution in [0.1, 0.15) is 26.5 Å². The van der Waals surface area contributed by atoms with Crippen molar-refractivity contribution in [1.82, 2.24) is 9.97 Å². The third-order valence-electron chi connectivity index (χ3n) is 1.87. The molecule has 104 valence electrons. The molecule has 0 atom stereocenters. The molecule has 0 spiro atoms. The fourth-order valence-corrected chi connectivity index (χ4v) is 1.25. The molecule has 1 aromatic heterocycles. The number of aromatic nitrogens is 2. The number of anilines is 1. The second kappa shape index (κ2) is 5.04. The highest BCUT2D eigenvalue weighted by molar-refractivity contribution is 5.82. The Morgan fingerprint density at radius 2 is 2.05 bits per heavy atom. The maximum atomic E-state index is 11.4. The summed E-state index contributed by atoms with van der Waals surface area (Å²) in [4.78, 5) is 38.5. The lowest BCUT2D eigenvalue weighted by Crippen LogP contribution is -2.29. The molecule has 9 nitrogen and oxygen atoms in total. The monoisotopic (exact) mass is 270 g/mol. The zero-order valence-electron chi connectivity index (χ0n) is 10.9. The van der Waals surface area contributed by atoms with E-state index in [4.69, 9.17) is 4.74 Å². The van der Waals surface area contributed by atoms with Crippen LogP contribution in [-0.2, 0) is 4.74 Å². The number of rotatable bonds is 2. The van der Waals surface area contributed by atoms with E-state index in [2.05, 4.69) is 15.3 Å². The van der Waals surface area contributed by atoms with Gasteiger partial charge < -0.3 is 4.74 Å². The average Bonchev–Trinajstić information content (AvgIpc) is 2.10. The molecule has 1 aromatic rings. The van der Waals surface area contributed by atoms with Crippen LogP contribution in [0.4, 0.5) is 16.4 Å². The minimum atomic E-state index is -0.941. The average molecular weight is 270 g/mol. The summed E-state index contributed by atoms with van der Waals surface area (Å²) in [5.74, 6) is -0.206. The van der Waals surface area contributed by atoms with Crippen molar-refractivity contribution in [2.24, 2.45) is 0 Å². The molecule has 0 aliphatic carbocycles. The van der Waals surface area contributed by atoms with Crippen molar-refractivity contribution in [2.75, 3.05) is 5.32 Å². The fraction of sp³-hybridized carbons (Fsp3) is 0.500. The molecule has 0 saturated carbocycles. The van der Waals surface area contributed by atoms with Crippen LogP contribution in [0.3, 0.4) is 0 Å². The van der Waals surface area contributed by atoms with Gasteiger partial charge in [0.25, 0.3) is 0 Å². The molecule has 0 radical (unpaired) electrons. The maximum absolute atomic E-state index is 11.4. The van der Waals surface area contributed by atoms with Crippen molar-refractivity contribution in [3.63, 3.8) is 0 Å². The fourth-order valence-electron chi connectivity index (χ4n) is 1.25. The Labute approximate surface area is 108 Å². The number of amides is 1. The maximum Gasteiger partial charge on any atom is 0.414 e. The lowest BCUT2D eigenvalue weighted by atomic mass is 10.2. The number of carbonyl (C=O) groups is 1. The normalized spacial score (nSPS) is 10.9. The van der Waals surface area contributed by atoms with E-state index in [1.54, 1.807) is 20.8 Å². The number of H-pyrrole nitrogens is 1. The first kappa shape index (κ1) is 14.6. The Balaban J connectivity index is 2.97. The van der Waals surface area contributed by atoms with Crippen LogP contribution in [0.2, 0.25) is 0 Å². The first-order valence-corrected chi connectivity index (χ1v) is 5.35. The Kier molecular flexibility index (Phi) is 3.88. The summed E-state index contributed by atoms with van der Waals surface area (Å²) in [5, 5.41) is 12.8. The molecule has 0 saturated heterocycles. The Morgan fingerprint density at radius 1 is 1.47 bits per heavy atom. The number of carbonyl (C=O) groups excluding carboxylic acids is 1. The van der Waals surface area contributed by atoms with Gasteiger partial charge in [-0.25, -0.2) is 9.78 Å². The molecule has 19 heavy (non-hydrogen) atoms. The Bertz CT molecular complexity index is 572. The van der Waals surface area contributed by atoms with Crippen molar-refractivity contribution < 1.29 is 14.5 Å². The van der Waals surface area contributed by atoms with Crippen molar-refractivity contribution in [3.8, 4) is 0 Å². The molecule has 2 N–H and O–H groups in total. The quantitative estimate of drug-likeness (QED) is 0.616. The van der Waals surface area contributed by atoms with Crippen molar-refractivity contribution in [1.29, 1.82) is 0 Å². The van der Waals surface area contributed by atoms with Crippen LogP contribution in [0.15, 0.2) is 4.79 Å². The van der Waals surface area contributed by atoms with Crippen LogP contribution in [0.25, 0.3) is 0 Å². The van der Waals surface area contributed by atoms with Gasteiger partial charge in [-0.15, -0.1) is 0 Å². The molecule has 0 unspecified atom stereocenters. The van der Waals surface area contributed by atoms with Crippen LogP contribution in [-0.4, -0.2) is 26.6 Å². The van der Waals surface area contributed by atoms with E-state index in [1.165, 1.54) is 6.92 Å². The number of nitro groups is 1. The van der Waals surface area contributed by atoms with Crippen LogP contribution in [0, 0.1) is 17.0 Å². The molecule has 1 heterocycles. The zero-order valence-corrected chi connectivity index (χ0v) is 10.9. The third-order valence-corrected chi connectivity index (χ3v) is 1.87. The smallest absolute Gasteiger partial charge is 0.414 e. The molecule has 0 bridgehead atoms. The number of nitrogens with one attached hydrogen (secondary N) is 2. The van der Waals surface area contributed by atoms with Crippen molar-refractivity contribution in [3.05, 3.63) is 26.2 Å². The number of aryl methyl sites for hydroxylation is 1. The second-order valence-corrected chi connectivity index (χ2v) is 4.73. The molecular weight excluding hydrogens is 256 g/mol. The largest absolute Gasteiger partial charge is 0.444 e. The molecule has 0 aliphatic rings. The predicted molar refractivity (Wildman–Crippen MR) is 66.1 cm³/mol. The zero-order chi connectivity index (χ0) is 14.8. The number of nitrogens with zero attached hydrogens (tertiary/aromatic N) is 2. The summed E-state index contributed by atoms with van der Waals surface area (Å²) in [6.45, 7) is 6.31. The van der Waals surface area contributed by atoms with E-state index in [0.717, 1.165) is 0 Å². The van der Waals surface area contributed by atoms with E-state index in [9.17, 15) is 19.7 Å². The van der Waals surface area contributed by atoms with Gasteiger partial charge in [0.15, 0.2) is 0 Å². The van der Waals surface area contributed by atoms with Gasteiger partial charge in [0, 0.05) is 0 Å². The standard InChI is InChI=1S/C10H14N4O5/c1-5-6(14(17)18)7(15)12-8(11-5)13-9(16)19-10(2,3)4/h1-4H3,(H2,11,12,13,15,16). The van der Waals surface area contributed by atoms with Crippen LogP contribution >= 0.6 is 0 Å². The number of hydrogen-bond acceptors (Lipinski definition) is 6. The van der Waals surface area contributed by atoms with Crippen molar-refractivity contribution >= 4 is 17.7 Å². The van der Waals surface area contributed by atoms with E-state index >= 15 is 0 Å².